The number of aliphatic hydroxyl groups excluding tert-OH is 2. The Labute approximate surface area is 196 Å². The average molecular weight is 501 g/mol. The van der Waals surface area contributed by atoms with Crippen LogP contribution in [0.4, 0.5) is 13.2 Å². The molecule has 0 bridgehead atoms. The predicted octanol–water partition coefficient (Wildman–Crippen LogP) is 1.16. The molecule has 1 aromatic rings. The number of rotatable bonds is 9. The van der Waals surface area contributed by atoms with Gasteiger partial charge in [-0.1, -0.05) is 11.8 Å². The van der Waals surface area contributed by atoms with Gasteiger partial charge in [-0.3, -0.25) is 10.8 Å². The highest BCUT2D eigenvalue weighted by atomic mass is 32.2. The summed E-state index contributed by atoms with van der Waals surface area (Å²) in [6.07, 6.45) is -1.19. The lowest BCUT2D eigenvalue weighted by Gasteiger charge is -2.38. The van der Waals surface area contributed by atoms with Crippen LogP contribution >= 0.6 is 11.8 Å². The molecule has 34 heavy (non-hydrogen) atoms. The van der Waals surface area contributed by atoms with E-state index in [0.29, 0.717) is 0 Å². The number of hydrogen-bond donors (Lipinski definition) is 6. The highest BCUT2D eigenvalue weighted by molar-refractivity contribution is 8.14. The lowest BCUT2D eigenvalue weighted by molar-refractivity contribution is -0.269. The summed E-state index contributed by atoms with van der Waals surface area (Å²) < 4.78 is 55.9. The second-order valence-electron chi connectivity index (χ2n) is 6.73. The molecule has 4 atom stereocenters. The first-order chi connectivity index (χ1) is 16.1. The molecule has 1 fully saturated rings. The Morgan fingerprint density at radius 2 is 1.94 bits per heavy atom. The Morgan fingerprint density at radius 3 is 2.50 bits per heavy atom. The van der Waals surface area contributed by atoms with E-state index in [1.54, 1.807) is 6.07 Å². The maximum atomic E-state index is 13.4. The third-order valence-corrected chi connectivity index (χ3v) is 5.42. The maximum Gasteiger partial charge on any atom is 0.194 e. The van der Waals surface area contributed by atoms with Crippen LogP contribution < -0.4 is 11.1 Å². The van der Waals surface area contributed by atoms with Crippen LogP contribution in [0.15, 0.2) is 30.2 Å². The third kappa shape index (κ3) is 6.95. The summed E-state index contributed by atoms with van der Waals surface area (Å²) in [5.41, 5.74) is 4.10. The van der Waals surface area contributed by atoms with E-state index in [4.69, 9.17) is 36.0 Å². The van der Waals surface area contributed by atoms with Crippen LogP contribution in [0.1, 0.15) is 5.56 Å². The van der Waals surface area contributed by atoms with Gasteiger partial charge in [0.15, 0.2) is 35.2 Å². The maximum absolute atomic E-state index is 13.4. The van der Waals surface area contributed by atoms with Gasteiger partial charge in [-0.2, -0.15) is 5.26 Å². The molecular formula is C20H22F3N5O5S. The summed E-state index contributed by atoms with van der Waals surface area (Å²) >= 11 is 0.801. The minimum Gasteiger partial charge on any atom is -0.494 e. The van der Waals surface area contributed by atoms with Crippen molar-refractivity contribution in [3.8, 4) is 6.07 Å². The minimum absolute atomic E-state index is 0.0676. The van der Waals surface area contributed by atoms with Crippen molar-refractivity contribution in [1.82, 2.24) is 5.32 Å². The van der Waals surface area contributed by atoms with Gasteiger partial charge in [0.25, 0.3) is 0 Å². The van der Waals surface area contributed by atoms with Crippen LogP contribution in [0.25, 0.3) is 5.70 Å². The Kier molecular flexibility index (Phi) is 9.90. The molecule has 0 spiro atoms. The fourth-order valence-electron chi connectivity index (χ4n) is 2.70. The van der Waals surface area contributed by atoms with Crippen molar-refractivity contribution in [2.24, 2.45) is 5.73 Å². The lowest BCUT2D eigenvalue weighted by Crippen LogP contribution is -2.52. The number of nitrogens with two attached hydrogens (primary N) is 1. The van der Waals surface area contributed by atoms with E-state index in [9.17, 15) is 23.4 Å². The van der Waals surface area contributed by atoms with Crippen molar-refractivity contribution < 1.29 is 37.6 Å². The van der Waals surface area contributed by atoms with Crippen LogP contribution in [0.5, 0.6) is 0 Å². The van der Waals surface area contributed by atoms with E-state index < -0.39 is 53.7 Å². The Morgan fingerprint density at radius 1 is 1.29 bits per heavy atom. The topological polar surface area (TPSA) is 178 Å². The van der Waals surface area contributed by atoms with Crippen LogP contribution in [0.3, 0.4) is 0 Å². The van der Waals surface area contributed by atoms with Crippen LogP contribution in [0.2, 0.25) is 0 Å². The van der Waals surface area contributed by atoms with Gasteiger partial charge < -0.3 is 35.5 Å². The van der Waals surface area contributed by atoms with Crippen LogP contribution in [-0.4, -0.2) is 65.2 Å². The molecule has 1 saturated heterocycles. The first-order valence-electron chi connectivity index (χ1n) is 9.54. The SMILES string of the molecule is CO/C(=C/C(=N)SC1OC(CO)C(O)OC1CN/C=C(\N)c1cc(F)c(F)c(F)c1)C(=N)C#N. The van der Waals surface area contributed by atoms with Gasteiger partial charge in [0.1, 0.15) is 23.7 Å². The van der Waals surface area contributed by atoms with Gasteiger partial charge >= 0.3 is 0 Å². The molecule has 0 saturated carbocycles. The second-order valence-corrected chi connectivity index (χ2v) is 7.87. The number of aliphatic hydroxyl groups is 2. The van der Waals surface area contributed by atoms with Crippen molar-refractivity contribution in [2.75, 3.05) is 20.3 Å². The van der Waals surface area contributed by atoms with Crippen molar-refractivity contribution in [3.05, 3.63) is 53.2 Å². The van der Waals surface area contributed by atoms with Crippen molar-refractivity contribution in [1.29, 1.82) is 16.1 Å². The summed E-state index contributed by atoms with van der Waals surface area (Å²) in [4.78, 5) is 0. The number of nitrogens with zero attached hydrogens (tertiary/aromatic N) is 1. The van der Waals surface area contributed by atoms with Gasteiger partial charge in [0, 0.05) is 24.4 Å². The molecule has 4 unspecified atom stereocenters. The van der Waals surface area contributed by atoms with E-state index >= 15 is 0 Å². The molecule has 184 valence electrons. The number of thioether (sulfide) groups is 1. The number of ether oxygens (including phenoxy) is 3. The molecule has 1 aromatic carbocycles. The minimum atomic E-state index is -1.62. The first kappa shape index (κ1) is 27.2. The monoisotopic (exact) mass is 501 g/mol. The van der Waals surface area contributed by atoms with Gasteiger partial charge in [-0.15, -0.1) is 0 Å². The summed E-state index contributed by atoms with van der Waals surface area (Å²) in [5.74, 6) is -4.59. The van der Waals surface area contributed by atoms with E-state index in [2.05, 4.69) is 5.32 Å². The zero-order valence-electron chi connectivity index (χ0n) is 17.7. The second kappa shape index (κ2) is 12.4. The molecule has 0 radical (unpaired) electrons. The van der Waals surface area contributed by atoms with E-state index in [0.717, 1.165) is 30.0 Å². The summed E-state index contributed by atoms with van der Waals surface area (Å²) in [6.45, 7) is -0.639. The van der Waals surface area contributed by atoms with E-state index in [1.165, 1.54) is 13.3 Å². The smallest absolute Gasteiger partial charge is 0.194 e. The van der Waals surface area contributed by atoms with Gasteiger partial charge in [-0.05, 0) is 12.1 Å². The standard InChI is InChI=1S/C20H22F3N5O5S/c1-31-14(12(25)5-24)4-17(27)34-20-15(32-19(30)16(8-29)33-20)7-28-6-13(26)9-2-10(21)18(23)11(22)3-9/h2-4,6,15-16,19-20,25,27-30H,7-8,26H2,1H3/b13-6-,14-4+,25-12?,27-17?. The normalized spacial score (nSPS) is 23.2. The fourth-order valence-corrected chi connectivity index (χ4v) is 3.63. The van der Waals surface area contributed by atoms with E-state index in [-0.39, 0.29) is 28.6 Å². The highest BCUT2D eigenvalue weighted by Crippen LogP contribution is 2.28. The number of allylic oxidation sites excluding steroid dienone is 1. The molecule has 14 heteroatoms. The highest BCUT2D eigenvalue weighted by Gasteiger charge is 2.38. The summed E-state index contributed by atoms with van der Waals surface area (Å²) in [7, 11) is 1.23. The largest absolute Gasteiger partial charge is 0.494 e. The number of nitrogens with one attached hydrogen (secondary N) is 3. The molecule has 1 aliphatic heterocycles. The van der Waals surface area contributed by atoms with Gasteiger partial charge in [0.2, 0.25) is 0 Å². The molecule has 0 amide bonds. The molecule has 10 nitrogen and oxygen atoms in total. The Balaban J connectivity index is 2.13. The predicted molar refractivity (Wildman–Crippen MR) is 117 cm³/mol. The summed E-state index contributed by atoms with van der Waals surface area (Å²) in [6, 6.07) is 3.03. The van der Waals surface area contributed by atoms with Gasteiger partial charge in [0.05, 0.1) is 24.5 Å². The quantitative estimate of drug-likeness (QED) is 0.125. The Hall–Kier alpha value is -3.09. The third-order valence-electron chi connectivity index (χ3n) is 4.40. The molecule has 1 aliphatic rings. The molecule has 0 aromatic heterocycles. The van der Waals surface area contributed by atoms with E-state index in [1.807, 2.05) is 0 Å². The number of methoxy groups -OCH3 is 1. The van der Waals surface area contributed by atoms with Crippen LogP contribution in [-0.2, 0) is 14.2 Å². The fraction of sp³-hybridized carbons (Fsp3) is 0.350. The number of nitriles is 1. The summed E-state index contributed by atoms with van der Waals surface area (Å²) in [5, 5.41) is 46.3. The van der Waals surface area contributed by atoms with Crippen molar-refractivity contribution in [3.63, 3.8) is 0 Å². The van der Waals surface area contributed by atoms with Crippen molar-refractivity contribution >= 4 is 28.2 Å². The zero-order valence-corrected chi connectivity index (χ0v) is 18.5. The first-order valence-corrected chi connectivity index (χ1v) is 10.4. The zero-order chi connectivity index (χ0) is 25.4. The molecule has 1 heterocycles. The number of halogens is 3. The van der Waals surface area contributed by atoms with Crippen molar-refractivity contribution in [2.45, 2.75) is 23.9 Å². The number of benzene rings is 1. The van der Waals surface area contributed by atoms with Crippen LogP contribution in [0, 0.1) is 39.6 Å². The molecule has 0 aliphatic carbocycles. The average Bonchev–Trinajstić information content (AvgIpc) is 2.81. The van der Waals surface area contributed by atoms with Gasteiger partial charge in [-0.25, -0.2) is 13.2 Å². The Bertz CT molecular complexity index is 1010. The molecule has 7 N–H and O–H groups in total. The number of hydrogen-bond acceptors (Lipinski definition) is 11. The molecular weight excluding hydrogens is 479 g/mol. The lowest BCUT2D eigenvalue weighted by atomic mass is 10.1. The molecule has 2 rings (SSSR count).